The summed E-state index contributed by atoms with van der Waals surface area (Å²) < 4.78 is 45.2. The molecule has 0 N–H and O–H groups in total. The standard InChI is InChI=1S/C25H32N2O5S2/c1-6-26(7-2)21-12-10-19(11-13-21)17-27(34(28,29)24-9-8-14-33-24)18-20-15-22(30-3)25(32-5)23(16-20)31-4/h8-16H,6-7,17-18H2,1-5H3. The second-order valence-electron chi connectivity index (χ2n) is 7.58. The van der Waals surface area contributed by atoms with Crippen LogP contribution in [0.4, 0.5) is 5.69 Å². The monoisotopic (exact) mass is 504 g/mol. The first kappa shape index (κ1) is 25.9. The number of nitrogens with zero attached hydrogens (tertiary/aromatic N) is 2. The fourth-order valence-electron chi connectivity index (χ4n) is 3.80. The van der Waals surface area contributed by atoms with Crippen LogP contribution in [0, 0.1) is 0 Å². The number of benzene rings is 2. The van der Waals surface area contributed by atoms with Crippen molar-refractivity contribution in [3.8, 4) is 17.2 Å². The van der Waals surface area contributed by atoms with Crippen molar-refractivity contribution in [2.24, 2.45) is 0 Å². The fourth-order valence-corrected chi connectivity index (χ4v) is 6.36. The number of hydrogen-bond donors (Lipinski definition) is 0. The van der Waals surface area contributed by atoms with Crippen molar-refractivity contribution in [3.05, 3.63) is 65.0 Å². The van der Waals surface area contributed by atoms with Crippen LogP contribution >= 0.6 is 11.3 Å². The van der Waals surface area contributed by atoms with Gasteiger partial charge in [-0.3, -0.25) is 0 Å². The molecule has 9 heteroatoms. The Kier molecular flexibility index (Phi) is 8.82. The lowest BCUT2D eigenvalue weighted by Crippen LogP contribution is -2.30. The molecule has 7 nitrogen and oxygen atoms in total. The molecule has 0 saturated carbocycles. The third kappa shape index (κ3) is 5.65. The predicted octanol–water partition coefficient (Wildman–Crippen LogP) is 5.01. The lowest BCUT2D eigenvalue weighted by Gasteiger charge is -2.24. The van der Waals surface area contributed by atoms with Gasteiger partial charge in [-0.15, -0.1) is 11.3 Å². The first-order valence-electron chi connectivity index (χ1n) is 11.0. The topological polar surface area (TPSA) is 68.3 Å². The smallest absolute Gasteiger partial charge is 0.253 e. The highest BCUT2D eigenvalue weighted by atomic mass is 32.2. The van der Waals surface area contributed by atoms with E-state index in [1.807, 2.05) is 24.3 Å². The van der Waals surface area contributed by atoms with E-state index < -0.39 is 10.0 Å². The van der Waals surface area contributed by atoms with Crippen LogP contribution in [-0.2, 0) is 23.1 Å². The summed E-state index contributed by atoms with van der Waals surface area (Å²) in [5, 5.41) is 1.77. The van der Waals surface area contributed by atoms with Crippen molar-refractivity contribution in [2.45, 2.75) is 31.1 Å². The molecule has 0 aliphatic rings. The van der Waals surface area contributed by atoms with Gasteiger partial charge in [0.25, 0.3) is 10.0 Å². The summed E-state index contributed by atoms with van der Waals surface area (Å²) in [4.78, 5) is 2.25. The third-order valence-corrected chi connectivity index (χ3v) is 8.76. The Morgan fingerprint density at radius 2 is 1.41 bits per heavy atom. The first-order valence-corrected chi connectivity index (χ1v) is 13.4. The summed E-state index contributed by atoms with van der Waals surface area (Å²) in [7, 11) is 0.902. The Labute approximate surface area is 206 Å². The maximum absolute atomic E-state index is 13.5. The van der Waals surface area contributed by atoms with Crippen LogP contribution in [0.1, 0.15) is 25.0 Å². The molecule has 0 fully saturated rings. The van der Waals surface area contributed by atoms with Gasteiger partial charge in [-0.25, -0.2) is 8.42 Å². The molecular formula is C25H32N2O5S2. The van der Waals surface area contributed by atoms with Crippen LogP contribution in [0.15, 0.2) is 58.1 Å². The molecule has 0 bridgehead atoms. The molecule has 3 rings (SSSR count). The van der Waals surface area contributed by atoms with Crippen LogP contribution in [0.5, 0.6) is 17.2 Å². The Morgan fingerprint density at radius 3 is 1.88 bits per heavy atom. The minimum Gasteiger partial charge on any atom is -0.493 e. The van der Waals surface area contributed by atoms with Crippen molar-refractivity contribution in [1.29, 1.82) is 0 Å². The number of ether oxygens (including phenoxy) is 3. The van der Waals surface area contributed by atoms with Gasteiger partial charge in [0, 0.05) is 31.9 Å². The quantitative estimate of drug-likeness (QED) is 0.345. The van der Waals surface area contributed by atoms with Crippen molar-refractivity contribution >= 4 is 27.0 Å². The number of anilines is 1. The van der Waals surface area contributed by atoms with Gasteiger partial charge in [-0.2, -0.15) is 4.31 Å². The van der Waals surface area contributed by atoms with Gasteiger partial charge in [0.2, 0.25) is 5.75 Å². The van der Waals surface area contributed by atoms with Crippen molar-refractivity contribution in [2.75, 3.05) is 39.3 Å². The molecule has 0 saturated heterocycles. The van der Waals surface area contributed by atoms with Crippen LogP contribution in [0.3, 0.4) is 0 Å². The van der Waals surface area contributed by atoms with E-state index in [9.17, 15) is 8.42 Å². The molecule has 0 unspecified atom stereocenters. The lowest BCUT2D eigenvalue weighted by molar-refractivity contribution is 0.322. The number of sulfonamides is 1. The average molecular weight is 505 g/mol. The molecule has 0 amide bonds. The molecule has 184 valence electrons. The predicted molar refractivity (Wildman–Crippen MR) is 137 cm³/mol. The Morgan fingerprint density at radius 1 is 0.824 bits per heavy atom. The minimum absolute atomic E-state index is 0.148. The van der Waals surface area contributed by atoms with Crippen molar-refractivity contribution < 1.29 is 22.6 Å². The summed E-state index contributed by atoms with van der Waals surface area (Å²) in [5.74, 6) is 1.43. The Hall–Kier alpha value is -2.75. The van der Waals surface area contributed by atoms with Gasteiger partial charge >= 0.3 is 0 Å². The van der Waals surface area contributed by atoms with Gasteiger partial charge < -0.3 is 19.1 Å². The van der Waals surface area contributed by atoms with E-state index >= 15 is 0 Å². The van der Waals surface area contributed by atoms with E-state index in [0.29, 0.717) is 21.5 Å². The van der Waals surface area contributed by atoms with Crippen molar-refractivity contribution in [3.63, 3.8) is 0 Å². The van der Waals surface area contributed by atoms with E-state index in [-0.39, 0.29) is 13.1 Å². The van der Waals surface area contributed by atoms with Gasteiger partial charge in [0.05, 0.1) is 21.3 Å². The van der Waals surface area contributed by atoms with Crippen LogP contribution in [0.25, 0.3) is 0 Å². The van der Waals surface area contributed by atoms with Crippen LogP contribution in [0.2, 0.25) is 0 Å². The molecule has 0 spiro atoms. The largest absolute Gasteiger partial charge is 0.493 e. The Bertz CT molecular complexity index is 1130. The molecule has 1 aromatic heterocycles. The van der Waals surface area contributed by atoms with Gasteiger partial charge in [-0.05, 0) is 60.7 Å². The normalized spacial score (nSPS) is 11.5. The number of thiophene rings is 1. The summed E-state index contributed by atoms with van der Waals surface area (Å²) in [6.07, 6.45) is 0. The second kappa shape index (κ2) is 11.6. The number of hydrogen-bond acceptors (Lipinski definition) is 7. The van der Waals surface area contributed by atoms with Gasteiger partial charge in [-0.1, -0.05) is 18.2 Å². The summed E-state index contributed by atoms with van der Waals surface area (Å²) >= 11 is 1.21. The number of methoxy groups -OCH3 is 3. The maximum Gasteiger partial charge on any atom is 0.253 e. The SMILES string of the molecule is CCN(CC)c1ccc(CN(Cc2cc(OC)c(OC)c(OC)c2)S(=O)(=O)c2cccs2)cc1. The Balaban J connectivity index is 1.97. The summed E-state index contributed by atoms with van der Waals surface area (Å²) in [5.41, 5.74) is 2.75. The van der Waals surface area contributed by atoms with E-state index in [0.717, 1.165) is 29.9 Å². The zero-order valence-corrected chi connectivity index (χ0v) is 21.9. The molecule has 0 aliphatic carbocycles. The fraction of sp³-hybridized carbons (Fsp3) is 0.360. The molecule has 2 aromatic carbocycles. The highest BCUT2D eigenvalue weighted by Crippen LogP contribution is 2.39. The maximum atomic E-state index is 13.5. The molecule has 34 heavy (non-hydrogen) atoms. The van der Waals surface area contributed by atoms with E-state index in [1.54, 1.807) is 43.9 Å². The van der Waals surface area contributed by atoms with Gasteiger partial charge in [0.15, 0.2) is 11.5 Å². The summed E-state index contributed by atoms with van der Waals surface area (Å²) in [6, 6.07) is 15.0. The zero-order valence-electron chi connectivity index (χ0n) is 20.3. The van der Waals surface area contributed by atoms with Crippen molar-refractivity contribution in [1.82, 2.24) is 4.31 Å². The zero-order chi connectivity index (χ0) is 24.7. The second-order valence-corrected chi connectivity index (χ2v) is 10.7. The number of rotatable bonds is 12. The molecule has 3 aromatic rings. The minimum atomic E-state index is -3.72. The molecule has 0 atom stereocenters. The molecule has 0 radical (unpaired) electrons. The van der Waals surface area contributed by atoms with E-state index in [1.165, 1.54) is 22.8 Å². The summed E-state index contributed by atoms with van der Waals surface area (Å²) in [6.45, 7) is 6.43. The third-order valence-electron chi connectivity index (χ3n) is 5.60. The molecule has 0 aliphatic heterocycles. The van der Waals surface area contributed by atoms with Crippen LogP contribution in [-0.4, -0.2) is 47.1 Å². The average Bonchev–Trinajstić information content (AvgIpc) is 3.40. The lowest BCUT2D eigenvalue weighted by atomic mass is 10.1. The van der Waals surface area contributed by atoms with Gasteiger partial charge in [0.1, 0.15) is 4.21 Å². The van der Waals surface area contributed by atoms with Crippen LogP contribution < -0.4 is 19.1 Å². The highest BCUT2D eigenvalue weighted by Gasteiger charge is 2.27. The molecule has 1 heterocycles. The molecular weight excluding hydrogens is 472 g/mol. The van der Waals surface area contributed by atoms with E-state index in [2.05, 4.69) is 18.7 Å². The highest BCUT2D eigenvalue weighted by molar-refractivity contribution is 7.91. The van der Waals surface area contributed by atoms with E-state index in [4.69, 9.17) is 14.2 Å². The first-order chi connectivity index (χ1) is 16.4.